The molecule has 0 radical (unpaired) electrons. The largest absolute Gasteiger partial charge is 0.462 e. The number of carbonyl (C=O) groups excluding carboxylic acids is 2. The van der Waals surface area contributed by atoms with Gasteiger partial charge in [0.2, 0.25) is 0 Å². The Hall–Kier alpha value is -3.15. The number of ether oxygens (including phenoxy) is 1. The molecule has 6 heteroatoms. The average molecular weight is 351 g/mol. The van der Waals surface area contributed by atoms with Gasteiger partial charge in [0.05, 0.1) is 12.2 Å². The molecule has 3 rings (SSSR count). The summed E-state index contributed by atoms with van der Waals surface area (Å²) in [5, 5.41) is 2.78. The van der Waals surface area contributed by atoms with E-state index in [0.717, 1.165) is 18.5 Å². The van der Waals surface area contributed by atoms with E-state index in [9.17, 15) is 9.59 Å². The van der Waals surface area contributed by atoms with Crippen molar-refractivity contribution in [2.75, 3.05) is 11.9 Å². The van der Waals surface area contributed by atoms with Crippen molar-refractivity contribution in [3.8, 4) is 0 Å². The molecule has 6 nitrogen and oxygen atoms in total. The molecule has 2 aromatic heterocycles. The Morgan fingerprint density at radius 3 is 2.77 bits per heavy atom. The number of hydrogen-bond donors (Lipinski definition) is 1. The molecule has 3 aromatic rings. The molecule has 0 saturated heterocycles. The molecule has 2 heterocycles. The maximum absolute atomic E-state index is 12.5. The summed E-state index contributed by atoms with van der Waals surface area (Å²) in [6, 6.07) is 12.4. The van der Waals surface area contributed by atoms with Crippen molar-refractivity contribution in [3.63, 3.8) is 0 Å². The number of benzene rings is 1. The minimum absolute atomic E-state index is 0.315. The number of esters is 1. The van der Waals surface area contributed by atoms with E-state index in [1.54, 1.807) is 30.5 Å². The Morgan fingerprint density at radius 1 is 1.19 bits per heavy atom. The highest BCUT2D eigenvalue weighted by Gasteiger charge is 2.13. The number of imidazole rings is 1. The van der Waals surface area contributed by atoms with Crippen LogP contribution in [0.25, 0.3) is 5.65 Å². The summed E-state index contributed by atoms with van der Waals surface area (Å²) in [5.41, 5.74) is 2.95. The Kier molecular flexibility index (Phi) is 5.31. The van der Waals surface area contributed by atoms with Gasteiger partial charge in [-0.25, -0.2) is 9.78 Å². The highest BCUT2D eigenvalue weighted by Crippen LogP contribution is 2.14. The molecule has 26 heavy (non-hydrogen) atoms. The quantitative estimate of drug-likeness (QED) is 0.541. The zero-order chi connectivity index (χ0) is 18.5. The first-order valence-electron chi connectivity index (χ1n) is 8.61. The van der Waals surface area contributed by atoms with Crippen LogP contribution in [0.5, 0.6) is 0 Å². The summed E-state index contributed by atoms with van der Waals surface area (Å²) in [7, 11) is 0. The van der Waals surface area contributed by atoms with Crippen LogP contribution in [0.15, 0.2) is 48.7 Å². The van der Waals surface area contributed by atoms with Gasteiger partial charge in [0.15, 0.2) is 0 Å². The van der Waals surface area contributed by atoms with E-state index in [0.29, 0.717) is 29.2 Å². The lowest BCUT2D eigenvalue weighted by atomic mass is 10.2. The van der Waals surface area contributed by atoms with Crippen molar-refractivity contribution in [1.29, 1.82) is 0 Å². The monoisotopic (exact) mass is 351 g/mol. The molecule has 1 N–H and O–H groups in total. The number of aryl methyl sites for hydroxylation is 1. The van der Waals surface area contributed by atoms with Crippen LogP contribution in [0.2, 0.25) is 0 Å². The second-order valence-corrected chi connectivity index (χ2v) is 6.05. The molecule has 0 spiro atoms. The van der Waals surface area contributed by atoms with Gasteiger partial charge in [0.25, 0.3) is 5.91 Å². The van der Waals surface area contributed by atoms with E-state index < -0.39 is 5.97 Å². The molecular weight excluding hydrogens is 330 g/mol. The van der Waals surface area contributed by atoms with E-state index in [1.807, 2.05) is 36.4 Å². The number of nitrogens with one attached hydrogen (secondary N) is 1. The van der Waals surface area contributed by atoms with Crippen molar-refractivity contribution in [2.45, 2.75) is 26.7 Å². The van der Waals surface area contributed by atoms with Crippen LogP contribution in [0, 0.1) is 6.92 Å². The van der Waals surface area contributed by atoms with E-state index in [4.69, 9.17) is 4.74 Å². The molecule has 0 aliphatic rings. The van der Waals surface area contributed by atoms with E-state index in [-0.39, 0.29) is 5.91 Å². The van der Waals surface area contributed by atoms with Crippen LogP contribution in [-0.4, -0.2) is 27.9 Å². The number of anilines is 1. The van der Waals surface area contributed by atoms with Crippen LogP contribution in [0.1, 0.15) is 46.3 Å². The van der Waals surface area contributed by atoms with E-state index in [1.165, 1.54) is 0 Å². The third kappa shape index (κ3) is 3.91. The summed E-state index contributed by atoms with van der Waals surface area (Å²) in [6.07, 6.45) is 3.49. The topological polar surface area (TPSA) is 72.7 Å². The number of fused-ring (bicyclic) bond motifs is 1. The predicted molar refractivity (Wildman–Crippen MR) is 99.5 cm³/mol. The van der Waals surface area contributed by atoms with Crippen molar-refractivity contribution < 1.29 is 14.3 Å². The van der Waals surface area contributed by atoms with Gasteiger partial charge in [-0.15, -0.1) is 0 Å². The Labute approximate surface area is 151 Å². The minimum Gasteiger partial charge on any atom is -0.462 e. The highest BCUT2D eigenvalue weighted by atomic mass is 16.5. The zero-order valence-corrected chi connectivity index (χ0v) is 14.9. The standard InChI is InChI=1S/C20H21N3O3/c1-3-4-11-26-20(25)15-8-6-9-16(12-15)21-19(24)17-13-23-14(2)7-5-10-18(23)22-17/h5-10,12-13H,3-4,11H2,1-2H3,(H,21,24). The maximum atomic E-state index is 12.5. The number of pyridine rings is 1. The fourth-order valence-corrected chi connectivity index (χ4v) is 2.57. The normalized spacial score (nSPS) is 10.7. The summed E-state index contributed by atoms with van der Waals surface area (Å²) in [5.74, 6) is -0.720. The van der Waals surface area contributed by atoms with Gasteiger partial charge in [0, 0.05) is 17.6 Å². The molecule has 1 amide bonds. The van der Waals surface area contributed by atoms with Crippen molar-refractivity contribution in [3.05, 3.63) is 65.6 Å². The lowest BCUT2D eigenvalue weighted by Gasteiger charge is -2.07. The van der Waals surface area contributed by atoms with Gasteiger partial charge in [-0.1, -0.05) is 25.5 Å². The number of rotatable bonds is 6. The number of carbonyl (C=O) groups is 2. The maximum Gasteiger partial charge on any atom is 0.338 e. The van der Waals surface area contributed by atoms with Crippen molar-refractivity contribution >= 4 is 23.2 Å². The van der Waals surface area contributed by atoms with Gasteiger partial charge in [-0.2, -0.15) is 0 Å². The molecule has 1 aromatic carbocycles. The zero-order valence-electron chi connectivity index (χ0n) is 14.9. The highest BCUT2D eigenvalue weighted by molar-refractivity contribution is 6.03. The van der Waals surface area contributed by atoms with Crippen molar-refractivity contribution in [2.24, 2.45) is 0 Å². The molecule has 0 saturated carbocycles. The SMILES string of the molecule is CCCCOC(=O)c1cccc(NC(=O)c2cn3c(C)cccc3n2)c1. The fourth-order valence-electron chi connectivity index (χ4n) is 2.57. The number of nitrogens with zero attached hydrogens (tertiary/aromatic N) is 2. The predicted octanol–water partition coefficient (Wildman–Crippen LogP) is 3.85. The first kappa shape index (κ1) is 17.7. The fraction of sp³-hybridized carbons (Fsp3) is 0.250. The van der Waals surface area contributed by atoms with E-state index in [2.05, 4.69) is 10.3 Å². The Morgan fingerprint density at radius 2 is 2.00 bits per heavy atom. The second kappa shape index (κ2) is 7.82. The Balaban J connectivity index is 1.73. The van der Waals surface area contributed by atoms with Crippen LogP contribution in [-0.2, 0) is 4.74 Å². The van der Waals surface area contributed by atoms with Gasteiger partial charge in [-0.3, -0.25) is 4.79 Å². The lowest BCUT2D eigenvalue weighted by molar-refractivity contribution is 0.0499. The number of aromatic nitrogens is 2. The molecule has 0 fully saturated rings. The number of amides is 1. The van der Waals surface area contributed by atoms with Crippen LogP contribution < -0.4 is 5.32 Å². The molecule has 0 unspecified atom stereocenters. The van der Waals surface area contributed by atoms with Crippen LogP contribution >= 0.6 is 0 Å². The summed E-state index contributed by atoms with van der Waals surface area (Å²) in [4.78, 5) is 28.9. The summed E-state index contributed by atoms with van der Waals surface area (Å²) in [6.45, 7) is 4.38. The molecular formula is C20H21N3O3. The third-order valence-corrected chi connectivity index (χ3v) is 4.02. The average Bonchev–Trinajstić information content (AvgIpc) is 3.08. The molecule has 134 valence electrons. The first-order valence-corrected chi connectivity index (χ1v) is 8.61. The lowest BCUT2D eigenvalue weighted by Crippen LogP contribution is -2.13. The van der Waals surface area contributed by atoms with E-state index >= 15 is 0 Å². The van der Waals surface area contributed by atoms with Gasteiger partial charge >= 0.3 is 5.97 Å². The second-order valence-electron chi connectivity index (χ2n) is 6.05. The molecule has 0 atom stereocenters. The third-order valence-electron chi connectivity index (χ3n) is 4.02. The van der Waals surface area contributed by atoms with Crippen molar-refractivity contribution in [1.82, 2.24) is 9.38 Å². The van der Waals surface area contributed by atoms with Crippen LogP contribution in [0.3, 0.4) is 0 Å². The van der Waals surface area contributed by atoms with Gasteiger partial charge < -0.3 is 14.5 Å². The summed E-state index contributed by atoms with van der Waals surface area (Å²) < 4.78 is 7.06. The smallest absolute Gasteiger partial charge is 0.338 e. The van der Waals surface area contributed by atoms with Gasteiger partial charge in [-0.05, 0) is 43.7 Å². The number of unbranched alkanes of at least 4 members (excludes halogenated alkanes) is 1. The first-order chi connectivity index (χ1) is 12.6. The van der Waals surface area contributed by atoms with Gasteiger partial charge in [0.1, 0.15) is 11.3 Å². The minimum atomic E-state index is -0.391. The summed E-state index contributed by atoms with van der Waals surface area (Å²) >= 11 is 0. The Bertz CT molecular complexity index is 946. The number of hydrogen-bond acceptors (Lipinski definition) is 4. The molecule has 0 aliphatic carbocycles. The molecule has 0 bridgehead atoms. The molecule has 0 aliphatic heterocycles. The van der Waals surface area contributed by atoms with Crippen LogP contribution in [0.4, 0.5) is 5.69 Å².